The second-order valence-corrected chi connectivity index (χ2v) is 7.15. The molecule has 3 aromatic carbocycles. The van der Waals surface area contributed by atoms with Crippen molar-refractivity contribution in [1.82, 2.24) is 15.0 Å². The molecule has 0 fully saturated rings. The zero-order valence-electron chi connectivity index (χ0n) is 16.7. The van der Waals surface area contributed by atoms with Crippen LogP contribution in [-0.4, -0.2) is 15.0 Å². The van der Waals surface area contributed by atoms with Crippen molar-refractivity contribution in [3.8, 4) is 22.5 Å². The molecule has 150 valence electrons. The van der Waals surface area contributed by atoms with Crippen molar-refractivity contribution >= 4 is 16.7 Å². The fourth-order valence-electron chi connectivity index (χ4n) is 3.52. The van der Waals surface area contributed by atoms with E-state index in [0.29, 0.717) is 17.9 Å². The molecular weight excluding hydrogens is 387 g/mol. The lowest BCUT2D eigenvalue weighted by Crippen LogP contribution is -2.05. The van der Waals surface area contributed by atoms with E-state index in [-0.39, 0.29) is 5.82 Å². The van der Waals surface area contributed by atoms with Gasteiger partial charge in [-0.05, 0) is 35.9 Å². The minimum absolute atomic E-state index is 0.257. The van der Waals surface area contributed by atoms with E-state index in [1.54, 1.807) is 18.3 Å². The Bertz CT molecular complexity index is 1340. The van der Waals surface area contributed by atoms with E-state index in [1.165, 1.54) is 6.07 Å². The largest absolute Gasteiger partial charge is 0.364 e. The van der Waals surface area contributed by atoms with Crippen LogP contribution in [0.3, 0.4) is 0 Å². The van der Waals surface area contributed by atoms with Crippen molar-refractivity contribution in [3.05, 3.63) is 109 Å². The number of hydrogen-bond donors (Lipinski definition) is 1. The molecule has 0 aliphatic rings. The molecule has 0 aliphatic carbocycles. The Morgan fingerprint density at radius 3 is 2.35 bits per heavy atom. The average molecular weight is 406 g/mol. The Morgan fingerprint density at radius 1 is 0.742 bits per heavy atom. The summed E-state index contributed by atoms with van der Waals surface area (Å²) in [4.78, 5) is 13.9. The number of hydrogen-bond acceptors (Lipinski definition) is 4. The first-order valence-corrected chi connectivity index (χ1v) is 10.0. The summed E-state index contributed by atoms with van der Waals surface area (Å²) in [6, 6.07) is 28.1. The maximum Gasteiger partial charge on any atom is 0.162 e. The van der Waals surface area contributed by atoms with Gasteiger partial charge in [0.15, 0.2) is 5.82 Å². The standard InChI is InChI=1S/C26H19FN4/c27-23-12-5-4-11-21(23)19-13-14-22-24(16-19)30-25(18-8-2-1-3-9-18)31-26(22)29-17-20-10-6-7-15-28-20/h1-16H,17H2,(H,29,30,31). The van der Waals surface area contributed by atoms with Gasteiger partial charge in [0.25, 0.3) is 0 Å². The normalized spacial score (nSPS) is 10.9. The molecular formula is C26H19FN4. The number of rotatable bonds is 5. The number of benzene rings is 3. The van der Waals surface area contributed by atoms with Crippen LogP contribution in [0.1, 0.15) is 5.69 Å². The van der Waals surface area contributed by atoms with Gasteiger partial charge in [-0.2, -0.15) is 0 Å². The van der Waals surface area contributed by atoms with Crippen LogP contribution < -0.4 is 5.32 Å². The van der Waals surface area contributed by atoms with Crippen LogP contribution in [0.4, 0.5) is 10.2 Å². The molecule has 5 rings (SSSR count). The van der Waals surface area contributed by atoms with Crippen LogP contribution in [0, 0.1) is 5.82 Å². The zero-order valence-corrected chi connectivity index (χ0v) is 16.7. The van der Waals surface area contributed by atoms with Gasteiger partial charge in [0.2, 0.25) is 0 Å². The Kier molecular flexibility index (Phi) is 5.07. The minimum atomic E-state index is -0.257. The molecule has 0 spiro atoms. The smallest absolute Gasteiger partial charge is 0.162 e. The Balaban J connectivity index is 1.62. The first-order chi connectivity index (χ1) is 15.3. The first kappa shape index (κ1) is 18.9. The zero-order chi connectivity index (χ0) is 21.0. The summed E-state index contributed by atoms with van der Waals surface area (Å²) in [6.07, 6.45) is 1.77. The highest BCUT2D eigenvalue weighted by molar-refractivity contribution is 5.93. The maximum absolute atomic E-state index is 14.4. The van der Waals surface area contributed by atoms with Gasteiger partial charge in [-0.15, -0.1) is 0 Å². The minimum Gasteiger partial charge on any atom is -0.364 e. The van der Waals surface area contributed by atoms with Crippen LogP contribution in [0.5, 0.6) is 0 Å². The van der Waals surface area contributed by atoms with E-state index in [4.69, 9.17) is 9.97 Å². The monoisotopic (exact) mass is 406 g/mol. The fraction of sp³-hybridized carbons (Fsp3) is 0.0385. The van der Waals surface area contributed by atoms with E-state index in [1.807, 2.05) is 72.8 Å². The molecule has 0 radical (unpaired) electrons. The third kappa shape index (κ3) is 3.98. The lowest BCUT2D eigenvalue weighted by atomic mass is 10.0. The predicted octanol–water partition coefficient (Wildman–Crippen LogP) is 6.11. The van der Waals surface area contributed by atoms with Gasteiger partial charge in [-0.3, -0.25) is 4.98 Å². The SMILES string of the molecule is Fc1ccccc1-c1ccc2c(NCc3ccccn3)nc(-c3ccccc3)nc2c1. The van der Waals surface area contributed by atoms with E-state index >= 15 is 0 Å². The van der Waals surface area contributed by atoms with Crippen molar-refractivity contribution in [2.75, 3.05) is 5.32 Å². The summed E-state index contributed by atoms with van der Waals surface area (Å²) in [5.41, 5.74) is 3.91. The van der Waals surface area contributed by atoms with Crippen molar-refractivity contribution in [2.24, 2.45) is 0 Å². The first-order valence-electron chi connectivity index (χ1n) is 10.0. The van der Waals surface area contributed by atoms with Crippen LogP contribution >= 0.6 is 0 Å². The molecule has 0 atom stereocenters. The van der Waals surface area contributed by atoms with Gasteiger partial charge < -0.3 is 5.32 Å². The van der Waals surface area contributed by atoms with Gasteiger partial charge in [-0.1, -0.05) is 60.7 Å². The van der Waals surface area contributed by atoms with E-state index in [9.17, 15) is 4.39 Å². The molecule has 2 heterocycles. The Morgan fingerprint density at radius 2 is 1.55 bits per heavy atom. The maximum atomic E-state index is 14.4. The van der Waals surface area contributed by atoms with Crippen LogP contribution in [0.2, 0.25) is 0 Å². The van der Waals surface area contributed by atoms with Gasteiger partial charge in [0.05, 0.1) is 17.8 Å². The summed E-state index contributed by atoms with van der Waals surface area (Å²) >= 11 is 0. The molecule has 4 nitrogen and oxygen atoms in total. The lowest BCUT2D eigenvalue weighted by Gasteiger charge is -2.12. The molecule has 0 amide bonds. The van der Waals surface area contributed by atoms with Crippen molar-refractivity contribution < 1.29 is 4.39 Å². The van der Waals surface area contributed by atoms with Crippen molar-refractivity contribution in [2.45, 2.75) is 6.54 Å². The van der Waals surface area contributed by atoms with Crippen LogP contribution in [-0.2, 0) is 6.54 Å². The highest BCUT2D eigenvalue weighted by Crippen LogP contribution is 2.30. The number of aromatic nitrogens is 3. The molecule has 31 heavy (non-hydrogen) atoms. The third-order valence-electron chi connectivity index (χ3n) is 5.08. The highest BCUT2D eigenvalue weighted by atomic mass is 19.1. The summed E-state index contributed by atoms with van der Waals surface area (Å²) in [5, 5.41) is 4.27. The number of nitrogens with one attached hydrogen (secondary N) is 1. The highest BCUT2D eigenvalue weighted by Gasteiger charge is 2.12. The number of fused-ring (bicyclic) bond motifs is 1. The molecule has 5 heteroatoms. The summed E-state index contributed by atoms with van der Waals surface area (Å²) in [5.74, 6) is 1.07. The average Bonchev–Trinajstić information content (AvgIpc) is 2.83. The number of nitrogens with zero attached hydrogens (tertiary/aromatic N) is 3. The van der Waals surface area contributed by atoms with Crippen LogP contribution in [0.25, 0.3) is 33.4 Å². The third-order valence-corrected chi connectivity index (χ3v) is 5.08. The molecule has 0 aliphatic heterocycles. The number of pyridine rings is 1. The topological polar surface area (TPSA) is 50.7 Å². The van der Waals surface area contributed by atoms with E-state index in [2.05, 4.69) is 10.3 Å². The van der Waals surface area contributed by atoms with Gasteiger partial charge in [-0.25, -0.2) is 14.4 Å². The van der Waals surface area contributed by atoms with Crippen molar-refractivity contribution in [1.29, 1.82) is 0 Å². The fourth-order valence-corrected chi connectivity index (χ4v) is 3.52. The molecule has 1 N–H and O–H groups in total. The van der Waals surface area contributed by atoms with Gasteiger partial charge in [0.1, 0.15) is 11.6 Å². The van der Waals surface area contributed by atoms with Gasteiger partial charge >= 0.3 is 0 Å². The summed E-state index contributed by atoms with van der Waals surface area (Å²) < 4.78 is 14.4. The molecule has 2 aromatic heterocycles. The number of anilines is 1. The van der Waals surface area contributed by atoms with Crippen molar-refractivity contribution in [3.63, 3.8) is 0 Å². The quantitative estimate of drug-likeness (QED) is 0.383. The van der Waals surface area contributed by atoms with Crippen LogP contribution in [0.15, 0.2) is 97.2 Å². The molecule has 0 saturated carbocycles. The Labute approximate surface area is 179 Å². The summed E-state index contributed by atoms with van der Waals surface area (Å²) in [7, 11) is 0. The molecule has 0 saturated heterocycles. The van der Waals surface area contributed by atoms with E-state index in [0.717, 1.165) is 33.5 Å². The second-order valence-electron chi connectivity index (χ2n) is 7.15. The van der Waals surface area contributed by atoms with Gasteiger partial charge in [0, 0.05) is 22.7 Å². The molecule has 5 aromatic rings. The molecule has 0 unspecified atom stereocenters. The molecule has 0 bridgehead atoms. The second kappa shape index (κ2) is 8.32. The predicted molar refractivity (Wildman–Crippen MR) is 122 cm³/mol. The summed E-state index contributed by atoms with van der Waals surface area (Å²) in [6.45, 7) is 0.538. The van der Waals surface area contributed by atoms with E-state index < -0.39 is 0 Å². The number of halogens is 1. The lowest BCUT2D eigenvalue weighted by molar-refractivity contribution is 0.631. The Hall–Kier alpha value is -4.12.